The first kappa shape index (κ1) is 17.7. The fourth-order valence-corrected chi connectivity index (χ4v) is 4.76. The van der Waals surface area contributed by atoms with Gasteiger partial charge < -0.3 is 15.0 Å². The quantitative estimate of drug-likeness (QED) is 0.733. The molecule has 2 saturated heterocycles. The standard InChI is InChI=1S/C14H27N3O4S/c1-12(21-2)11-22(19,20)17-7-3-4-13(10-17)14(18)16-8-5-15-6-9-16/h12-13,15H,3-11H2,1-2H3. The molecule has 0 saturated carbocycles. The number of carbonyl (C=O) groups excluding carboxylic acids is 1. The Morgan fingerprint density at radius 3 is 2.64 bits per heavy atom. The summed E-state index contributed by atoms with van der Waals surface area (Å²) in [5.74, 6) is -0.140. The smallest absolute Gasteiger partial charge is 0.227 e. The number of nitrogens with zero attached hydrogens (tertiary/aromatic N) is 2. The highest BCUT2D eigenvalue weighted by Gasteiger charge is 2.35. The van der Waals surface area contributed by atoms with Crippen LogP contribution in [0.3, 0.4) is 0 Å². The van der Waals surface area contributed by atoms with Gasteiger partial charge in [-0.05, 0) is 19.8 Å². The zero-order valence-corrected chi connectivity index (χ0v) is 14.3. The number of methoxy groups -OCH3 is 1. The van der Waals surface area contributed by atoms with Gasteiger partial charge in [-0.25, -0.2) is 12.7 Å². The normalized spacial score (nSPS) is 25.9. The van der Waals surface area contributed by atoms with Crippen LogP contribution < -0.4 is 5.32 Å². The SMILES string of the molecule is COC(C)CS(=O)(=O)N1CCCC(C(=O)N2CCNCC2)C1. The van der Waals surface area contributed by atoms with Crippen molar-refractivity contribution >= 4 is 15.9 Å². The van der Waals surface area contributed by atoms with E-state index in [1.165, 1.54) is 11.4 Å². The summed E-state index contributed by atoms with van der Waals surface area (Å²) in [5, 5.41) is 3.22. The van der Waals surface area contributed by atoms with E-state index in [9.17, 15) is 13.2 Å². The first-order chi connectivity index (χ1) is 10.4. The van der Waals surface area contributed by atoms with Crippen molar-refractivity contribution in [2.45, 2.75) is 25.9 Å². The van der Waals surface area contributed by atoms with Gasteiger partial charge in [-0.1, -0.05) is 0 Å². The predicted octanol–water partition coefficient (Wildman–Crippen LogP) is -0.505. The molecule has 2 atom stereocenters. The van der Waals surface area contributed by atoms with Crippen molar-refractivity contribution in [1.29, 1.82) is 0 Å². The van der Waals surface area contributed by atoms with Gasteiger partial charge in [0, 0.05) is 46.4 Å². The van der Waals surface area contributed by atoms with Crippen LogP contribution in [0.2, 0.25) is 0 Å². The van der Waals surface area contributed by atoms with Crippen LogP contribution in [0.25, 0.3) is 0 Å². The molecule has 2 rings (SSSR count). The summed E-state index contributed by atoms with van der Waals surface area (Å²) in [4.78, 5) is 14.4. The zero-order chi connectivity index (χ0) is 16.2. The number of nitrogens with one attached hydrogen (secondary N) is 1. The second kappa shape index (κ2) is 7.72. The molecule has 2 unspecified atom stereocenters. The van der Waals surface area contributed by atoms with E-state index in [2.05, 4.69) is 5.32 Å². The van der Waals surface area contributed by atoms with Crippen LogP contribution in [0.4, 0.5) is 0 Å². The molecule has 2 aliphatic heterocycles. The Bertz CT molecular complexity index is 476. The number of piperazine rings is 1. The van der Waals surface area contributed by atoms with Crippen molar-refractivity contribution in [3.8, 4) is 0 Å². The summed E-state index contributed by atoms with van der Waals surface area (Å²) < 4.78 is 31.3. The van der Waals surface area contributed by atoms with E-state index < -0.39 is 10.0 Å². The van der Waals surface area contributed by atoms with Crippen molar-refractivity contribution in [3.05, 3.63) is 0 Å². The van der Waals surface area contributed by atoms with Crippen LogP contribution in [0.1, 0.15) is 19.8 Å². The number of piperidine rings is 1. The summed E-state index contributed by atoms with van der Waals surface area (Å²) in [5.41, 5.74) is 0. The molecule has 2 heterocycles. The van der Waals surface area contributed by atoms with E-state index in [0.29, 0.717) is 26.2 Å². The van der Waals surface area contributed by atoms with Crippen LogP contribution in [0.5, 0.6) is 0 Å². The maximum atomic E-state index is 12.6. The minimum Gasteiger partial charge on any atom is -0.381 e. The van der Waals surface area contributed by atoms with Crippen LogP contribution in [0, 0.1) is 5.92 Å². The molecule has 0 aromatic heterocycles. The summed E-state index contributed by atoms with van der Waals surface area (Å²) in [6, 6.07) is 0. The Hall–Kier alpha value is -0.700. The van der Waals surface area contributed by atoms with E-state index in [-0.39, 0.29) is 23.7 Å². The molecule has 128 valence electrons. The van der Waals surface area contributed by atoms with Gasteiger partial charge in [-0.2, -0.15) is 0 Å². The second-order valence-electron chi connectivity index (χ2n) is 6.10. The molecule has 7 nitrogen and oxygen atoms in total. The lowest BCUT2D eigenvalue weighted by Gasteiger charge is -2.36. The molecule has 2 aliphatic rings. The summed E-state index contributed by atoms with van der Waals surface area (Å²) in [6.07, 6.45) is 1.17. The minimum atomic E-state index is -3.37. The van der Waals surface area contributed by atoms with Crippen LogP contribution in [-0.4, -0.2) is 81.8 Å². The van der Waals surface area contributed by atoms with Crippen LogP contribution >= 0.6 is 0 Å². The lowest BCUT2D eigenvalue weighted by Crippen LogP contribution is -2.52. The number of carbonyl (C=O) groups is 1. The number of hydrogen-bond acceptors (Lipinski definition) is 5. The first-order valence-electron chi connectivity index (χ1n) is 7.94. The average Bonchev–Trinajstić information content (AvgIpc) is 2.54. The van der Waals surface area contributed by atoms with Gasteiger partial charge in [0.2, 0.25) is 15.9 Å². The molecule has 0 aliphatic carbocycles. The molecule has 8 heteroatoms. The van der Waals surface area contributed by atoms with Crippen molar-refractivity contribution in [3.63, 3.8) is 0 Å². The van der Waals surface area contributed by atoms with E-state index >= 15 is 0 Å². The summed E-state index contributed by atoms with van der Waals surface area (Å²) in [6.45, 7) is 5.60. The number of sulfonamides is 1. The fraction of sp³-hybridized carbons (Fsp3) is 0.929. The predicted molar refractivity (Wildman–Crippen MR) is 84.0 cm³/mol. The topological polar surface area (TPSA) is 79.0 Å². The highest BCUT2D eigenvalue weighted by atomic mass is 32.2. The van der Waals surface area contributed by atoms with Gasteiger partial charge in [0.25, 0.3) is 0 Å². The lowest BCUT2D eigenvalue weighted by molar-refractivity contribution is -0.137. The number of rotatable bonds is 5. The van der Waals surface area contributed by atoms with Crippen molar-refractivity contribution < 1.29 is 17.9 Å². The fourth-order valence-electron chi connectivity index (χ4n) is 3.01. The number of ether oxygens (including phenoxy) is 1. The summed E-state index contributed by atoms with van der Waals surface area (Å²) >= 11 is 0. The van der Waals surface area contributed by atoms with Crippen LogP contribution in [0.15, 0.2) is 0 Å². The molecular weight excluding hydrogens is 306 g/mol. The van der Waals surface area contributed by atoms with E-state index in [0.717, 1.165) is 25.9 Å². The lowest BCUT2D eigenvalue weighted by atomic mass is 9.98. The van der Waals surface area contributed by atoms with Crippen molar-refractivity contribution in [2.24, 2.45) is 5.92 Å². The largest absolute Gasteiger partial charge is 0.381 e. The molecule has 0 bridgehead atoms. The van der Waals surface area contributed by atoms with Gasteiger partial charge >= 0.3 is 0 Å². The average molecular weight is 333 g/mol. The molecule has 2 fully saturated rings. The van der Waals surface area contributed by atoms with E-state index in [4.69, 9.17) is 4.74 Å². The van der Waals surface area contributed by atoms with E-state index in [1.54, 1.807) is 6.92 Å². The van der Waals surface area contributed by atoms with Gasteiger partial charge in [0.1, 0.15) is 0 Å². The maximum Gasteiger partial charge on any atom is 0.227 e. The van der Waals surface area contributed by atoms with Gasteiger partial charge in [0.05, 0.1) is 17.8 Å². The van der Waals surface area contributed by atoms with Gasteiger partial charge in [-0.3, -0.25) is 4.79 Å². The number of amides is 1. The molecule has 1 amide bonds. The zero-order valence-electron chi connectivity index (χ0n) is 13.5. The maximum absolute atomic E-state index is 12.6. The highest BCUT2D eigenvalue weighted by Crippen LogP contribution is 2.22. The molecule has 0 aromatic carbocycles. The van der Waals surface area contributed by atoms with Crippen LogP contribution in [-0.2, 0) is 19.6 Å². The third kappa shape index (κ3) is 4.41. The van der Waals surface area contributed by atoms with Crippen molar-refractivity contribution in [2.75, 3.05) is 52.1 Å². The Balaban J connectivity index is 1.97. The van der Waals surface area contributed by atoms with E-state index in [1.807, 2.05) is 4.90 Å². The Labute approximate surface area is 133 Å². The first-order valence-corrected chi connectivity index (χ1v) is 9.55. The van der Waals surface area contributed by atoms with Gasteiger partial charge in [-0.15, -0.1) is 0 Å². The van der Waals surface area contributed by atoms with Gasteiger partial charge in [0.15, 0.2) is 0 Å². The van der Waals surface area contributed by atoms with Crippen molar-refractivity contribution in [1.82, 2.24) is 14.5 Å². The molecule has 22 heavy (non-hydrogen) atoms. The molecule has 0 radical (unpaired) electrons. The Kier molecular flexibility index (Phi) is 6.19. The molecule has 0 aromatic rings. The molecule has 0 spiro atoms. The third-order valence-corrected chi connectivity index (χ3v) is 6.41. The minimum absolute atomic E-state index is 0.0297. The summed E-state index contributed by atoms with van der Waals surface area (Å²) in [7, 11) is -1.86. The number of hydrogen-bond donors (Lipinski definition) is 1. The Morgan fingerprint density at radius 2 is 2.00 bits per heavy atom. The molecule has 1 N–H and O–H groups in total. The monoisotopic (exact) mass is 333 g/mol. The second-order valence-corrected chi connectivity index (χ2v) is 8.11. The Morgan fingerprint density at radius 1 is 1.32 bits per heavy atom. The highest BCUT2D eigenvalue weighted by molar-refractivity contribution is 7.89. The molecular formula is C14H27N3O4S. The third-order valence-electron chi connectivity index (χ3n) is 4.40.